The van der Waals surface area contributed by atoms with Gasteiger partial charge in [-0.2, -0.15) is 5.10 Å². The Balaban J connectivity index is 1.51. The van der Waals surface area contributed by atoms with E-state index in [1.165, 1.54) is 24.1 Å². The highest BCUT2D eigenvalue weighted by Crippen LogP contribution is 2.26. The SMILES string of the molecule is COCCN1CC[C@@H](CN(C)Cc2cn(-c3ccc(C)cc3)nc2-c2ccc(F)cc2)C1. The highest BCUT2D eigenvalue weighted by Gasteiger charge is 2.24. The molecule has 5 nitrogen and oxygen atoms in total. The summed E-state index contributed by atoms with van der Waals surface area (Å²) in [7, 11) is 3.94. The molecule has 4 rings (SSSR count). The molecule has 0 bridgehead atoms. The summed E-state index contributed by atoms with van der Waals surface area (Å²) < 4.78 is 20.7. The van der Waals surface area contributed by atoms with Crippen molar-refractivity contribution in [2.75, 3.05) is 46.9 Å². The minimum absolute atomic E-state index is 0.232. The van der Waals surface area contributed by atoms with Crippen LogP contribution in [0.3, 0.4) is 0 Å². The molecule has 0 unspecified atom stereocenters. The maximum atomic E-state index is 13.5. The van der Waals surface area contributed by atoms with Gasteiger partial charge < -0.3 is 14.5 Å². The molecule has 1 saturated heterocycles. The molecule has 0 radical (unpaired) electrons. The van der Waals surface area contributed by atoms with Crippen molar-refractivity contribution in [2.24, 2.45) is 5.92 Å². The molecule has 32 heavy (non-hydrogen) atoms. The van der Waals surface area contributed by atoms with Gasteiger partial charge in [0.15, 0.2) is 0 Å². The van der Waals surface area contributed by atoms with E-state index in [2.05, 4.69) is 54.2 Å². The maximum absolute atomic E-state index is 13.5. The Morgan fingerprint density at radius 2 is 1.88 bits per heavy atom. The van der Waals surface area contributed by atoms with Crippen LogP contribution in [0.25, 0.3) is 16.9 Å². The van der Waals surface area contributed by atoms with Crippen LogP contribution in [0.2, 0.25) is 0 Å². The quantitative estimate of drug-likeness (QED) is 0.498. The second-order valence-electron chi connectivity index (χ2n) is 8.93. The summed E-state index contributed by atoms with van der Waals surface area (Å²) in [6.07, 6.45) is 3.33. The van der Waals surface area contributed by atoms with Crippen LogP contribution in [-0.2, 0) is 11.3 Å². The molecule has 1 fully saturated rings. The number of ether oxygens (including phenoxy) is 1. The van der Waals surface area contributed by atoms with Gasteiger partial charge in [0.1, 0.15) is 5.82 Å². The third-order valence-electron chi connectivity index (χ3n) is 6.20. The molecule has 0 N–H and O–H groups in total. The van der Waals surface area contributed by atoms with Crippen LogP contribution in [0.1, 0.15) is 17.5 Å². The fourth-order valence-electron chi connectivity index (χ4n) is 4.49. The zero-order chi connectivity index (χ0) is 22.5. The molecule has 1 aromatic heterocycles. The van der Waals surface area contributed by atoms with E-state index in [-0.39, 0.29) is 5.82 Å². The summed E-state index contributed by atoms with van der Waals surface area (Å²) in [5.74, 6) is 0.433. The van der Waals surface area contributed by atoms with Crippen LogP contribution < -0.4 is 0 Å². The van der Waals surface area contributed by atoms with Crippen molar-refractivity contribution in [3.05, 3.63) is 71.7 Å². The van der Waals surface area contributed by atoms with Crippen molar-refractivity contribution in [1.82, 2.24) is 19.6 Å². The minimum atomic E-state index is -0.232. The average Bonchev–Trinajstić information content (AvgIpc) is 3.40. The number of benzene rings is 2. The van der Waals surface area contributed by atoms with Crippen LogP contribution in [0.4, 0.5) is 4.39 Å². The first kappa shape index (κ1) is 22.6. The van der Waals surface area contributed by atoms with E-state index in [9.17, 15) is 4.39 Å². The number of hydrogen-bond donors (Lipinski definition) is 0. The van der Waals surface area contributed by atoms with Crippen LogP contribution >= 0.6 is 0 Å². The number of halogens is 1. The standard InChI is InChI=1S/C26H33FN4O/c1-20-4-10-25(11-5-20)31-19-23(26(28-31)22-6-8-24(27)9-7-22)18-29(2)16-21-12-13-30(17-21)14-15-32-3/h4-11,19,21H,12-18H2,1-3H3/t21-/m0/s1. The predicted octanol–water partition coefficient (Wildman–Crippen LogP) is 4.39. The predicted molar refractivity (Wildman–Crippen MR) is 126 cm³/mol. The van der Waals surface area contributed by atoms with E-state index in [1.807, 2.05) is 16.8 Å². The molecule has 0 saturated carbocycles. The van der Waals surface area contributed by atoms with Gasteiger partial charge in [-0.15, -0.1) is 0 Å². The second-order valence-corrected chi connectivity index (χ2v) is 8.93. The fourth-order valence-corrected chi connectivity index (χ4v) is 4.49. The lowest BCUT2D eigenvalue weighted by Crippen LogP contribution is -2.29. The first-order chi connectivity index (χ1) is 15.5. The van der Waals surface area contributed by atoms with E-state index in [0.717, 1.165) is 61.8 Å². The lowest BCUT2D eigenvalue weighted by Gasteiger charge is -2.21. The van der Waals surface area contributed by atoms with Gasteiger partial charge in [-0.3, -0.25) is 0 Å². The molecule has 1 aliphatic rings. The molecule has 6 heteroatoms. The molecule has 0 spiro atoms. The molecule has 0 amide bonds. The topological polar surface area (TPSA) is 33.5 Å². The molecule has 0 aliphatic carbocycles. The van der Waals surface area contributed by atoms with Gasteiger partial charge in [-0.1, -0.05) is 17.7 Å². The fraction of sp³-hybridized carbons (Fsp3) is 0.423. The van der Waals surface area contributed by atoms with Gasteiger partial charge in [-0.25, -0.2) is 9.07 Å². The Morgan fingerprint density at radius 1 is 1.12 bits per heavy atom. The van der Waals surface area contributed by atoms with Crippen molar-refractivity contribution in [1.29, 1.82) is 0 Å². The van der Waals surface area contributed by atoms with E-state index < -0.39 is 0 Å². The molecular weight excluding hydrogens is 403 g/mol. The van der Waals surface area contributed by atoms with E-state index in [4.69, 9.17) is 9.84 Å². The number of aromatic nitrogens is 2. The lowest BCUT2D eigenvalue weighted by molar-refractivity contribution is 0.157. The zero-order valence-electron chi connectivity index (χ0n) is 19.3. The summed E-state index contributed by atoms with van der Waals surface area (Å²) in [6.45, 7) is 8.00. The Kier molecular flexibility index (Phi) is 7.35. The van der Waals surface area contributed by atoms with Crippen molar-refractivity contribution in [3.63, 3.8) is 0 Å². The highest BCUT2D eigenvalue weighted by molar-refractivity contribution is 5.63. The molecular formula is C26H33FN4O. The smallest absolute Gasteiger partial charge is 0.123 e. The first-order valence-corrected chi connectivity index (χ1v) is 11.3. The molecule has 170 valence electrons. The van der Waals surface area contributed by atoms with E-state index in [1.54, 1.807) is 7.11 Å². The Bertz CT molecular complexity index is 1000. The normalized spacial score (nSPS) is 16.8. The van der Waals surface area contributed by atoms with Crippen molar-refractivity contribution >= 4 is 0 Å². The third kappa shape index (κ3) is 5.63. The second kappa shape index (κ2) is 10.4. The van der Waals surface area contributed by atoms with Gasteiger partial charge in [0, 0.05) is 50.6 Å². The number of rotatable bonds is 9. The summed E-state index contributed by atoms with van der Waals surface area (Å²) >= 11 is 0. The van der Waals surface area contributed by atoms with Gasteiger partial charge in [0.05, 0.1) is 18.0 Å². The molecule has 3 aromatic rings. The summed E-state index contributed by atoms with van der Waals surface area (Å²) in [5.41, 5.74) is 5.24. The summed E-state index contributed by atoms with van der Waals surface area (Å²) in [6, 6.07) is 15.0. The van der Waals surface area contributed by atoms with Crippen LogP contribution in [0.5, 0.6) is 0 Å². The van der Waals surface area contributed by atoms with Crippen molar-refractivity contribution in [2.45, 2.75) is 19.9 Å². The van der Waals surface area contributed by atoms with Gasteiger partial charge >= 0.3 is 0 Å². The molecule has 2 heterocycles. The van der Waals surface area contributed by atoms with E-state index in [0.29, 0.717) is 5.92 Å². The number of nitrogens with zero attached hydrogens (tertiary/aromatic N) is 4. The first-order valence-electron chi connectivity index (χ1n) is 11.3. The highest BCUT2D eigenvalue weighted by atomic mass is 19.1. The van der Waals surface area contributed by atoms with Crippen LogP contribution in [-0.4, -0.2) is 66.5 Å². The molecule has 1 aliphatic heterocycles. The molecule has 1 atom stereocenters. The van der Waals surface area contributed by atoms with Crippen molar-refractivity contribution < 1.29 is 9.13 Å². The van der Waals surface area contributed by atoms with Gasteiger partial charge in [-0.05, 0) is 69.3 Å². The number of likely N-dealkylation sites (tertiary alicyclic amines) is 1. The average molecular weight is 437 g/mol. The zero-order valence-corrected chi connectivity index (χ0v) is 19.3. The summed E-state index contributed by atoms with van der Waals surface area (Å²) in [5, 5.41) is 4.89. The third-order valence-corrected chi connectivity index (χ3v) is 6.20. The Morgan fingerprint density at radius 3 is 2.59 bits per heavy atom. The van der Waals surface area contributed by atoms with Gasteiger partial charge in [0.25, 0.3) is 0 Å². The minimum Gasteiger partial charge on any atom is -0.383 e. The Hall–Kier alpha value is -2.54. The monoisotopic (exact) mass is 436 g/mol. The number of methoxy groups -OCH3 is 1. The maximum Gasteiger partial charge on any atom is 0.123 e. The number of hydrogen-bond acceptors (Lipinski definition) is 4. The van der Waals surface area contributed by atoms with Crippen molar-refractivity contribution in [3.8, 4) is 16.9 Å². The Labute approximate surface area is 190 Å². The summed E-state index contributed by atoms with van der Waals surface area (Å²) in [4.78, 5) is 4.87. The van der Waals surface area contributed by atoms with E-state index >= 15 is 0 Å². The van der Waals surface area contributed by atoms with Gasteiger partial charge in [0.2, 0.25) is 0 Å². The van der Waals surface area contributed by atoms with Crippen LogP contribution in [0, 0.1) is 18.7 Å². The lowest BCUT2D eigenvalue weighted by atomic mass is 10.1. The molecule has 2 aromatic carbocycles. The largest absolute Gasteiger partial charge is 0.383 e. The van der Waals surface area contributed by atoms with Crippen LogP contribution in [0.15, 0.2) is 54.7 Å². The number of aryl methyl sites for hydroxylation is 1.